The molecule has 2 amide bonds. The SMILES string of the molecule is CC(C)N1CCC(OCCCNC(=O)CN2C[C@H]3C[C@H](C2)[C@H]2CCCC(=O)N2C3)CC1. The zero-order valence-corrected chi connectivity index (χ0v) is 19.6. The molecule has 0 aliphatic carbocycles. The van der Waals surface area contributed by atoms with Gasteiger partial charge in [0.05, 0.1) is 12.6 Å². The number of ether oxygens (including phenoxy) is 1. The number of hydrogen-bond acceptors (Lipinski definition) is 5. The lowest BCUT2D eigenvalue weighted by Crippen LogP contribution is -2.61. The zero-order valence-electron chi connectivity index (χ0n) is 19.6. The van der Waals surface area contributed by atoms with Gasteiger partial charge in [0.15, 0.2) is 0 Å². The fourth-order valence-corrected chi connectivity index (χ4v) is 6.21. The summed E-state index contributed by atoms with van der Waals surface area (Å²) in [5.41, 5.74) is 0. The van der Waals surface area contributed by atoms with Crippen molar-refractivity contribution in [3.05, 3.63) is 0 Å². The summed E-state index contributed by atoms with van der Waals surface area (Å²) in [6.07, 6.45) is 7.60. The number of carbonyl (C=O) groups excluding carboxylic acids is 2. The van der Waals surface area contributed by atoms with Gasteiger partial charge in [0, 0.05) is 64.4 Å². The molecule has 0 saturated carbocycles. The Labute approximate surface area is 187 Å². The quantitative estimate of drug-likeness (QED) is 0.590. The molecule has 7 nitrogen and oxygen atoms in total. The van der Waals surface area contributed by atoms with Gasteiger partial charge in [-0.1, -0.05) is 0 Å². The van der Waals surface area contributed by atoms with Crippen LogP contribution in [-0.4, -0.2) is 97.1 Å². The van der Waals surface area contributed by atoms with E-state index >= 15 is 0 Å². The van der Waals surface area contributed by atoms with Gasteiger partial charge in [0.2, 0.25) is 11.8 Å². The molecule has 4 saturated heterocycles. The molecule has 0 aromatic rings. The number of hydrogen-bond donors (Lipinski definition) is 1. The van der Waals surface area contributed by atoms with Crippen LogP contribution in [0.2, 0.25) is 0 Å². The normalized spacial score (nSPS) is 30.5. The van der Waals surface area contributed by atoms with Crippen LogP contribution >= 0.6 is 0 Å². The molecule has 4 fully saturated rings. The second-order valence-electron chi connectivity index (χ2n) is 10.5. The Morgan fingerprint density at radius 3 is 2.74 bits per heavy atom. The first kappa shape index (κ1) is 23.0. The van der Waals surface area contributed by atoms with Crippen LogP contribution in [0.15, 0.2) is 0 Å². The molecule has 0 unspecified atom stereocenters. The lowest BCUT2D eigenvalue weighted by atomic mass is 9.76. The highest BCUT2D eigenvalue weighted by molar-refractivity contribution is 5.78. The van der Waals surface area contributed by atoms with Gasteiger partial charge in [-0.25, -0.2) is 0 Å². The predicted octanol–water partition coefficient (Wildman–Crippen LogP) is 1.71. The van der Waals surface area contributed by atoms with Crippen molar-refractivity contribution in [1.82, 2.24) is 20.0 Å². The predicted molar refractivity (Wildman–Crippen MR) is 121 cm³/mol. The van der Waals surface area contributed by atoms with Crippen LogP contribution in [-0.2, 0) is 14.3 Å². The van der Waals surface area contributed by atoms with E-state index in [9.17, 15) is 9.59 Å². The van der Waals surface area contributed by atoms with E-state index in [1.807, 2.05) is 0 Å². The van der Waals surface area contributed by atoms with Crippen molar-refractivity contribution in [2.24, 2.45) is 11.8 Å². The van der Waals surface area contributed by atoms with E-state index in [0.29, 0.717) is 49.0 Å². The van der Waals surface area contributed by atoms with Crippen molar-refractivity contribution in [2.45, 2.75) is 77.0 Å². The molecule has 0 spiro atoms. The van der Waals surface area contributed by atoms with Gasteiger partial charge in [-0.05, 0) is 64.2 Å². The Morgan fingerprint density at radius 2 is 1.97 bits per heavy atom. The molecule has 0 aromatic heterocycles. The molecule has 3 atom stereocenters. The number of carbonyl (C=O) groups is 2. The number of fused-ring (bicyclic) bond motifs is 4. The van der Waals surface area contributed by atoms with Crippen LogP contribution in [0.5, 0.6) is 0 Å². The van der Waals surface area contributed by atoms with Crippen molar-refractivity contribution in [3.8, 4) is 0 Å². The zero-order chi connectivity index (χ0) is 21.8. The molecule has 4 rings (SSSR count). The second-order valence-corrected chi connectivity index (χ2v) is 10.5. The summed E-state index contributed by atoms with van der Waals surface area (Å²) in [5.74, 6) is 1.55. The number of rotatable bonds is 8. The first-order valence-corrected chi connectivity index (χ1v) is 12.6. The summed E-state index contributed by atoms with van der Waals surface area (Å²) < 4.78 is 6.03. The lowest BCUT2D eigenvalue weighted by molar-refractivity contribution is -0.145. The minimum Gasteiger partial charge on any atom is -0.378 e. The minimum absolute atomic E-state index is 0.127. The van der Waals surface area contributed by atoms with Gasteiger partial charge < -0.3 is 19.9 Å². The van der Waals surface area contributed by atoms with Crippen molar-refractivity contribution in [3.63, 3.8) is 0 Å². The third-order valence-electron chi connectivity index (χ3n) is 7.83. The van der Waals surface area contributed by atoms with Crippen LogP contribution in [0.25, 0.3) is 0 Å². The molecular formula is C24H42N4O3. The standard InChI is InChI=1S/C24H42N4O3/c1-18(2)27-10-7-21(8-11-27)31-12-4-9-25-23(29)17-26-14-19-13-20(16-26)22-5-3-6-24(30)28(22)15-19/h18-22H,3-17H2,1-2H3,(H,25,29)/t19-,20-,22-/m1/s1. The summed E-state index contributed by atoms with van der Waals surface area (Å²) in [4.78, 5) is 31.7. The van der Waals surface area contributed by atoms with Crippen molar-refractivity contribution in [2.75, 3.05) is 52.4 Å². The number of nitrogens with one attached hydrogen (secondary N) is 1. The van der Waals surface area contributed by atoms with Gasteiger partial charge in [0.1, 0.15) is 0 Å². The second kappa shape index (κ2) is 10.6. The summed E-state index contributed by atoms with van der Waals surface area (Å²) in [6, 6.07) is 1.03. The van der Waals surface area contributed by atoms with Gasteiger partial charge in [0.25, 0.3) is 0 Å². The molecule has 1 N–H and O–H groups in total. The summed E-state index contributed by atoms with van der Waals surface area (Å²) in [6.45, 7) is 11.5. The van der Waals surface area contributed by atoms with Crippen LogP contribution in [0.3, 0.4) is 0 Å². The van der Waals surface area contributed by atoms with E-state index in [0.717, 1.165) is 77.9 Å². The van der Waals surface area contributed by atoms with E-state index in [-0.39, 0.29) is 5.91 Å². The fourth-order valence-electron chi connectivity index (χ4n) is 6.21. The average molecular weight is 435 g/mol. The Bertz CT molecular complexity index is 620. The number of piperidine rings is 4. The van der Waals surface area contributed by atoms with Gasteiger partial charge in [-0.3, -0.25) is 14.5 Å². The third-order valence-corrected chi connectivity index (χ3v) is 7.83. The molecule has 4 heterocycles. The van der Waals surface area contributed by atoms with E-state index < -0.39 is 0 Å². The van der Waals surface area contributed by atoms with Crippen LogP contribution < -0.4 is 5.32 Å². The molecule has 0 aromatic carbocycles. The highest BCUT2D eigenvalue weighted by Crippen LogP contribution is 2.37. The average Bonchev–Trinajstić information content (AvgIpc) is 2.74. The van der Waals surface area contributed by atoms with Gasteiger partial charge in [-0.15, -0.1) is 0 Å². The first-order valence-electron chi connectivity index (χ1n) is 12.6. The summed E-state index contributed by atoms with van der Waals surface area (Å²) in [7, 11) is 0. The molecule has 176 valence electrons. The summed E-state index contributed by atoms with van der Waals surface area (Å²) in [5, 5.41) is 3.09. The Balaban J connectivity index is 1.10. The highest BCUT2D eigenvalue weighted by atomic mass is 16.5. The number of nitrogens with zero attached hydrogens (tertiary/aromatic N) is 3. The minimum atomic E-state index is 0.127. The molecule has 7 heteroatoms. The van der Waals surface area contributed by atoms with Crippen LogP contribution in [0.4, 0.5) is 0 Å². The fraction of sp³-hybridized carbons (Fsp3) is 0.917. The van der Waals surface area contributed by atoms with E-state index in [2.05, 4.69) is 33.9 Å². The Morgan fingerprint density at radius 1 is 1.16 bits per heavy atom. The molecule has 2 bridgehead atoms. The molecular weight excluding hydrogens is 392 g/mol. The lowest BCUT2D eigenvalue weighted by Gasteiger charge is -2.52. The maximum atomic E-state index is 12.5. The van der Waals surface area contributed by atoms with E-state index in [1.165, 1.54) is 6.42 Å². The van der Waals surface area contributed by atoms with Gasteiger partial charge >= 0.3 is 0 Å². The van der Waals surface area contributed by atoms with Crippen molar-refractivity contribution in [1.29, 1.82) is 0 Å². The summed E-state index contributed by atoms with van der Waals surface area (Å²) >= 11 is 0. The molecule has 4 aliphatic heterocycles. The topological polar surface area (TPSA) is 65.1 Å². The highest BCUT2D eigenvalue weighted by Gasteiger charge is 2.44. The van der Waals surface area contributed by atoms with Crippen LogP contribution in [0.1, 0.15) is 58.8 Å². The monoisotopic (exact) mass is 434 g/mol. The maximum absolute atomic E-state index is 12.5. The van der Waals surface area contributed by atoms with Gasteiger partial charge in [-0.2, -0.15) is 0 Å². The van der Waals surface area contributed by atoms with Crippen LogP contribution in [0, 0.1) is 11.8 Å². The molecule has 31 heavy (non-hydrogen) atoms. The first-order chi connectivity index (χ1) is 15.0. The smallest absolute Gasteiger partial charge is 0.234 e. The third kappa shape index (κ3) is 5.99. The van der Waals surface area contributed by atoms with Crippen molar-refractivity contribution < 1.29 is 14.3 Å². The van der Waals surface area contributed by atoms with Crippen molar-refractivity contribution >= 4 is 11.8 Å². The Kier molecular flexibility index (Phi) is 7.88. The molecule has 0 radical (unpaired) electrons. The number of likely N-dealkylation sites (tertiary alicyclic amines) is 2. The largest absolute Gasteiger partial charge is 0.378 e. The van der Waals surface area contributed by atoms with E-state index in [4.69, 9.17) is 4.74 Å². The number of amides is 2. The Hall–Kier alpha value is -1.18. The molecule has 4 aliphatic rings. The van der Waals surface area contributed by atoms with E-state index in [1.54, 1.807) is 0 Å². The maximum Gasteiger partial charge on any atom is 0.234 e.